The molecule has 2 heterocycles. The molecule has 0 radical (unpaired) electrons. The van der Waals surface area contributed by atoms with Gasteiger partial charge in [-0.1, -0.05) is 29.8 Å². The second-order valence-corrected chi connectivity index (χ2v) is 8.84. The summed E-state index contributed by atoms with van der Waals surface area (Å²) >= 11 is 6.34. The predicted octanol–water partition coefficient (Wildman–Crippen LogP) is 6.08. The Balaban J connectivity index is 1.44. The maximum Gasteiger partial charge on any atom is 0.338 e. The van der Waals surface area contributed by atoms with Crippen molar-refractivity contribution in [3.8, 4) is 17.2 Å². The largest absolute Gasteiger partial charge is 0.478 e. The number of esters is 1. The van der Waals surface area contributed by atoms with Crippen molar-refractivity contribution >= 4 is 28.5 Å². The van der Waals surface area contributed by atoms with E-state index in [0.717, 1.165) is 11.1 Å². The highest BCUT2D eigenvalue weighted by molar-refractivity contribution is 6.31. The average Bonchev–Trinajstić information content (AvgIpc) is 2.88. The highest BCUT2D eigenvalue weighted by atomic mass is 35.5. The first-order valence-corrected chi connectivity index (χ1v) is 11.9. The van der Waals surface area contributed by atoms with Crippen LogP contribution in [0, 0.1) is 6.92 Å². The first kappa shape index (κ1) is 23.9. The normalized spacial score (nSPS) is 13.2. The zero-order valence-corrected chi connectivity index (χ0v) is 20.6. The molecule has 1 aliphatic heterocycles. The van der Waals surface area contributed by atoms with Gasteiger partial charge in [0.2, 0.25) is 11.2 Å². The molecule has 0 spiro atoms. The van der Waals surface area contributed by atoms with Crippen LogP contribution in [-0.2, 0) is 17.8 Å². The first-order chi connectivity index (χ1) is 17.4. The van der Waals surface area contributed by atoms with Gasteiger partial charge in [0.25, 0.3) is 0 Å². The van der Waals surface area contributed by atoms with Gasteiger partial charge in [0, 0.05) is 18.1 Å². The Morgan fingerprint density at radius 3 is 2.61 bits per heavy atom. The van der Waals surface area contributed by atoms with E-state index in [4.69, 9.17) is 30.2 Å². The molecule has 7 nitrogen and oxygen atoms in total. The summed E-state index contributed by atoms with van der Waals surface area (Å²) in [5.41, 5.74) is 2.39. The quantitative estimate of drug-likeness (QED) is 0.294. The number of fused-ring (bicyclic) bond motifs is 3. The minimum absolute atomic E-state index is 0.0935. The van der Waals surface area contributed by atoms with Crippen LogP contribution in [-0.4, -0.2) is 24.2 Å². The van der Waals surface area contributed by atoms with Gasteiger partial charge in [-0.15, -0.1) is 0 Å². The number of nitrogens with zero attached hydrogens (tertiary/aromatic N) is 1. The van der Waals surface area contributed by atoms with Gasteiger partial charge in [0.15, 0.2) is 0 Å². The van der Waals surface area contributed by atoms with Crippen LogP contribution in [0.15, 0.2) is 69.9 Å². The van der Waals surface area contributed by atoms with E-state index in [1.807, 2.05) is 24.3 Å². The van der Waals surface area contributed by atoms with Crippen LogP contribution in [0.25, 0.3) is 11.0 Å². The number of hydrogen-bond donors (Lipinski definition) is 0. The Morgan fingerprint density at radius 1 is 1.08 bits per heavy atom. The van der Waals surface area contributed by atoms with Crippen molar-refractivity contribution in [2.75, 3.05) is 13.3 Å². The summed E-state index contributed by atoms with van der Waals surface area (Å²) in [5.74, 6) is 1.12. The highest BCUT2D eigenvalue weighted by Gasteiger charge is 2.24. The van der Waals surface area contributed by atoms with Crippen molar-refractivity contribution in [2.24, 2.45) is 0 Å². The second kappa shape index (κ2) is 10.0. The number of ether oxygens (including phenoxy) is 3. The molecule has 36 heavy (non-hydrogen) atoms. The van der Waals surface area contributed by atoms with E-state index in [1.165, 1.54) is 0 Å². The maximum atomic E-state index is 13.4. The second-order valence-electron chi connectivity index (χ2n) is 8.43. The van der Waals surface area contributed by atoms with Crippen LogP contribution in [0.3, 0.4) is 0 Å². The van der Waals surface area contributed by atoms with Crippen LogP contribution >= 0.6 is 11.6 Å². The number of halogens is 1. The molecule has 0 fully saturated rings. The average molecular weight is 506 g/mol. The fraction of sp³-hybridized carbons (Fsp3) is 0.214. The predicted molar refractivity (Wildman–Crippen MR) is 136 cm³/mol. The lowest BCUT2D eigenvalue weighted by Gasteiger charge is -2.29. The number of carbonyl (C=O) groups is 1. The monoisotopic (exact) mass is 505 g/mol. The van der Waals surface area contributed by atoms with Gasteiger partial charge in [-0.25, -0.2) is 4.79 Å². The third kappa shape index (κ3) is 4.67. The van der Waals surface area contributed by atoms with Crippen molar-refractivity contribution < 1.29 is 23.4 Å². The molecule has 0 N–H and O–H groups in total. The Hall–Kier alpha value is -3.81. The fourth-order valence-electron chi connectivity index (χ4n) is 4.18. The third-order valence-corrected chi connectivity index (χ3v) is 6.33. The standard InChI is InChI=1S/C28H24ClNO6/c1-3-33-28(32)18-8-10-20(11-9-18)36-26-17(2)35-27-21(25(26)31)12-13-24-22(27)15-30(16-34-24)14-19-6-4-5-7-23(19)29/h4-13H,3,14-16H2,1-2H3. The molecule has 3 aromatic carbocycles. The molecule has 0 aliphatic carbocycles. The number of benzene rings is 3. The number of hydrogen-bond acceptors (Lipinski definition) is 7. The van der Waals surface area contributed by atoms with Gasteiger partial charge in [-0.05, 0) is 61.9 Å². The molecule has 0 amide bonds. The smallest absolute Gasteiger partial charge is 0.338 e. The Kier molecular flexibility index (Phi) is 6.67. The molecule has 1 aliphatic rings. The lowest BCUT2D eigenvalue weighted by Crippen LogP contribution is -2.32. The molecular formula is C28H24ClNO6. The van der Waals surface area contributed by atoms with Gasteiger partial charge in [0.05, 0.1) is 23.1 Å². The summed E-state index contributed by atoms with van der Waals surface area (Å²) in [6.45, 7) is 5.26. The number of aryl methyl sites for hydroxylation is 1. The minimum atomic E-state index is -0.416. The van der Waals surface area contributed by atoms with Crippen LogP contribution in [0.1, 0.15) is 34.2 Å². The first-order valence-electron chi connectivity index (χ1n) is 11.6. The zero-order chi connectivity index (χ0) is 25.2. The lowest BCUT2D eigenvalue weighted by molar-refractivity contribution is 0.0526. The molecule has 0 unspecified atom stereocenters. The Morgan fingerprint density at radius 2 is 1.86 bits per heavy atom. The van der Waals surface area contributed by atoms with Crippen LogP contribution in [0.4, 0.5) is 0 Å². The van der Waals surface area contributed by atoms with E-state index < -0.39 is 5.97 Å². The molecular weight excluding hydrogens is 482 g/mol. The van der Waals surface area contributed by atoms with Crippen LogP contribution in [0.2, 0.25) is 5.02 Å². The van der Waals surface area contributed by atoms with Gasteiger partial charge in [-0.2, -0.15) is 0 Å². The Bertz CT molecular complexity index is 1490. The van der Waals surface area contributed by atoms with E-state index >= 15 is 0 Å². The molecule has 1 aromatic heterocycles. The minimum Gasteiger partial charge on any atom is -0.478 e. The summed E-state index contributed by atoms with van der Waals surface area (Å²) in [6, 6.07) is 17.6. The molecule has 184 valence electrons. The number of rotatable bonds is 6. The summed E-state index contributed by atoms with van der Waals surface area (Å²) in [5, 5.41) is 1.10. The van der Waals surface area contributed by atoms with Crippen molar-refractivity contribution in [3.05, 3.63) is 98.4 Å². The van der Waals surface area contributed by atoms with E-state index in [1.54, 1.807) is 50.2 Å². The molecule has 0 saturated carbocycles. The molecule has 5 rings (SSSR count). The summed E-state index contributed by atoms with van der Waals surface area (Å²) < 4.78 is 23.0. The highest BCUT2D eigenvalue weighted by Crippen LogP contribution is 2.35. The summed E-state index contributed by atoms with van der Waals surface area (Å²) in [6.07, 6.45) is 0. The van der Waals surface area contributed by atoms with Crippen LogP contribution in [0.5, 0.6) is 17.2 Å². The van der Waals surface area contributed by atoms with E-state index in [2.05, 4.69) is 4.90 Å². The topological polar surface area (TPSA) is 78.2 Å². The van der Waals surface area contributed by atoms with Crippen molar-refractivity contribution in [1.82, 2.24) is 4.90 Å². The summed E-state index contributed by atoms with van der Waals surface area (Å²) in [7, 11) is 0. The molecule has 0 atom stereocenters. The maximum absolute atomic E-state index is 13.4. The van der Waals surface area contributed by atoms with Crippen molar-refractivity contribution in [1.29, 1.82) is 0 Å². The lowest BCUT2D eigenvalue weighted by atomic mass is 10.1. The SMILES string of the molecule is CCOC(=O)c1ccc(Oc2c(C)oc3c4c(ccc3c2=O)OCN(Cc2ccccc2Cl)C4)cc1. The zero-order valence-electron chi connectivity index (χ0n) is 19.9. The van der Waals surface area contributed by atoms with Gasteiger partial charge >= 0.3 is 5.97 Å². The van der Waals surface area contributed by atoms with Crippen LogP contribution < -0.4 is 14.9 Å². The molecule has 0 bridgehead atoms. The van der Waals surface area contributed by atoms with E-state index in [0.29, 0.717) is 65.2 Å². The van der Waals surface area contributed by atoms with Gasteiger partial charge < -0.3 is 18.6 Å². The third-order valence-electron chi connectivity index (χ3n) is 5.96. The van der Waals surface area contributed by atoms with Crippen molar-refractivity contribution in [3.63, 3.8) is 0 Å². The number of carbonyl (C=O) groups excluding carboxylic acids is 1. The van der Waals surface area contributed by atoms with Gasteiger partial charge in [-0.3, -0.25) is 9.69 Å². The molecule has 0 saturated heterocycles. The van der Waals surface area contributed by atoms with Crippen molar-refractivity contribution in [2.45, 2.75) is 26.9 Å². The van der Waals surface area contributed by atoms with E-state index in [-0.39, 0.29) is 11.2 Å². The summed E-state index contributed by atoms with van der Waals surface area (Å²) in [4.78, 5) is 27.4. The van der Waals surface area contributed by atoms with Gasteiger partial charge in [0.1, 0.15) is 29.6 Å². The Labute approximate surface area is 212 Å². The molecule has 8 heteroatoms. The molecule has 4 aromatic rings. The van der Waals surface area contributed by atoms with E-state index in [9.17, 15) is 9.59 Å². The fourth-order valence-corrected chi connectivity index (χ4v) is 4.38.